The molecule has 2 N–H and O–H groups in total. The number of nitrogens with zero attached hydrogens (tertiary/aromatic N) is 1. The van der Waals surface area contributed by atoms with E-state index in [2.05, 4.69) is 5.32 Å². The number of carboxylic acids is 1. The molecule has 3 rings (SSSR count). The Morgan fingerprint density at radius 1 is 0.895 bits per heavy atom. The number of hydrogen-bond donors (Lipinski definition) is 2. The summed E-state index contributed by atoms with van der Waals surface area (Å²) in [5, 5.41) is 10.8. The molecule has 12 heteroatoms. The molecule has 0 saturated carbocycles. The number of aryl methyl sites for hydroxylation is 1. The van der Waals surface area contributed by atoms with Gasteiger partial charge < -0.3 is 33.7 Å². The molecule has 1 fully saturated rings. The number of ether oxygens (including phenoxy) is 5. The number of fused-ring (bicyclic) bond motifs is 1. The zero-order valence-electron chi connectivity index (χ0n) is 21.5. The van der Waals surface area contributed by atoms with Gasteiger partial charge in [0.25, 0.3) is 5.91 Å². The van der Waals surface area contributed by atoms with Crippen LogP contribution in [0.25, 0.3) is 0 Å². The first kappa shape index (κ1) is 29.7. The fourth-order valence-corrected chi connectivity index (χ4v) is 4.29. The van der Waals surface area contributed by atoms with Crippen molar-refractivity contribution in [1.82, 2.24) is 10.2 Å². The Morgan fingerprint density at radius 2 is 1.50 bits per heavy atom. The maximum atomic E-state index is 12.9. The predicted molar refractivity (Wildman–Crippen MR) is 133 cm³/mol. The van der Waals surface area contributed by atoms with Crippen LogP contribution in [0.4, 0.5) is 0 Å². The molecular formula is C26H36N2O10. The average Bonchev–Trinajstić information content (AvgIpc) is 3.22. The Hall–Kier alpha value is -2.90. The van der Waals surface area contributed by atoms with Crippen molar-refractivity contribution in [3.05, 3.63) is 34.9 Å². The summed E-state index contributed by atoms with van der Waals surface area (Å²) in [5.74, 6) is -1.87. The maximum absolute atomic E-state index is 12.9. The number of benzene rings is 1. The lowest BCUT2D eigenvalue weighted by molar-refractivity contribution is -0.143. The maximum Gasteiger partial charge on any atom is 0.329 e. The van der Waals surface area contributed by atoms with E-state index in [4.69, 9.17) is 28.8 Å². The molecular weight excluding hydrogens is 500 g/mol. The van der Waals surface area contributed by atoms with Crippen LogP contribution in [0, 0.1) is 0 Å². The van der Waals surface area contributed by atoms with Crippen molar-refractivity contribution in [2.75, 3.05) is 66.1 Å². The molecule has 2 heterocycles. The number of piperidine rings is 1. The standard InChI is InChI=1S/C26H36N2O10/c29-23-7-6-22(25(32)27-23)28-17-21-19(3-1-5-20(21)26(28)33)4-2-8-34-9-10-35-11-12-36-13-14-37-15-16-38-18-24(30)31/h1,3,5,22H,2,4,6-18H2,(H,30,31)(H,27,29,32). The highest BCUT2D eigenvalue weighted by atomic mass is 16.6. The van der Waals surface area contributed by atoms with Gasteiger partial charge in [-0.3, -0.25) is 19.7 Å². The monoisotopic (exact) mass is 536 g/mol. The van der Waals surface area contributed by atoms with Crippen molar-refractivity contribution in [3.8, 4) is 0 Å². The number of rotatable bonds is 19. The molecule has 12 nitrogen and oxygen atoms in total. The molecule has 38 heavy (non-hydrogen) atoms. The average molecular weight is 537 g/mol. The first-order valence-corrected chi connectivity index (χ1v) is 12.8. The van der Waals surface area contributed by atoms with E-state index >= 15 is 0 Å². The second-order valence-corrected chi connectivity index (χ2v) is 8.84. The summed E-state index contributed by atoms with van der Waals surface area (Å²) < 4.78 is 26.6. The third-order valence-electron chi connectivity index (χ3n) is 6.13. The van der Waals surface area contributed by atoms with Crippen molar-refractivity contribution in [1.29, 1.82) is 0 Å². The lowest BCUT2D eigenvalue weighted by Gasteiger charge is -2.29. The summed E-state index contributed by atoms with van der Waals surface area (Å²) in [7, 11) is 0. The predicted octanol–water partition coefficient (Wildman–Crippen LogP) is 0.548. The Morgan fingerprint density at radius 3 is 2.11 bits per heavy atom. The minimum atomic E-state index is -1.01. The van der Waals surface area contributed by atoms with Crippen molar-refractivity contribution in [3.63, 3.8) is 0 Å². The third kappa shape index (κ3) is 9.44. The molecule has 2 aliphatic rings. The second kappa shape index (κ2) is 16.1. The number of carbonyl (C=O) groups excluding carboxylic acids is 3. The van der Waals surface area contributed by atoms with E-state index in [1.165, 1.54) is 0 Å². The molecule has 1 aromatic rings. The van der Waals surface area contributed by atoms with Crippen LogP contribution in [-0.4, -0.2) is 106 Å². The topological polar surface area (TPSA) is 150 Å². The SMILES string of the molecule is O=C(O)COCCOCCOCCOCCOCCCc1cccc2c1CN(C1CCC(=O)NC1=O)C2=O. The van der Waals surface area contributed by atoms with Gasteiger partial charge in [-0.2, -0.15) is 0 Å². The molecule has 1 atom stereocenters. The summed E-state index contributed by atoms with van der Waals surface area (Å²) in [6.45, 7) is 3.76. The second-order valence-electron chi connectivity index (χ2n) is 8.84. The van der Waals surface area contributed by atoms with E-state index in [-0.39, 0.29) is 31.4 Å². The molecule has 1 aromatic carbocycles. The fourth-order valence-electron chi connectivity index (χ4n) is 4.29. The van der Waals surface area contributed by atoms with Gasteiger partial charge in [0.2, 0.25) is 11.8 Å². The molecule has 0 spiro atoms. The van der Waals surface area contributed by atoms with Crippen molar-refractivity contribution >= 4 is 23.7 Å². The quantitative estimate of drug-likeness (QED) is 0.190. The van der Waals surface area contributed by atoms with Gasteiger partial charge in [0.15, 0.2) is 0 Å². The molecule has 0 aliphatic carbocycles. The molecule has 0 aromatic heterocycles. The number of carbonyl (C=O) groups is 4. The Kier molecular flexibility index (Phi) is 12.6. The largest absolute Gasteiger partial charge is 0.480 e. The fraction of sp³-hybridized carbons (Fsp3) is 0.615. The molecule has 2 aliphatic heterocycles. The number of amides is 3. The summed E-state index contributed by atoms with van der Waals surface area (Å²) in [6.07, 6.45) is 2.13. The van der Waals surface area contributed by atoms with Gasteiger partial charge in [0.05, 0.1) is 52.9 Å². The van der Waals surface area contributed by atoms with Crippen molar-refractivity contribution < 1.29 is 48.0 Å². The van der Waals surface area contributed by atoms with Gasteiger partial charge in [-0.1, -0.05) is 12.1 Å². The van der Waals surface area contributed by atoms with Gasteiger partial charge in [-0.05, 0) is 36.5 Å². The summed E-state index contributed by atoms with van der Waals surface area (Å²) >= 11 is 0. The van der Waals surface area contributed by atoms with Crippen LogP contribution in [-0.2, 0) is 51.0 Å². The number of nitrogens with one attached hydrogen (secondary N) is 1. The lowest BCUT2D eigenvalue weighted by Crippen LogP contribution is -2.52. The van der Waals surface area contributed by atoms with Crippen LogP contribution in [0.2, 0.25) is 0 Å². The van der Waals surface area contributed by atoms with E-state index in [0.29, 0.717) is 71.4 Å². The van der Waals surface area contributed by atoms with Crippen LogP contribution < -0.4 is 5.32 Å². The Bertz CT molecular complexity index is 954. The van der Waals surface area contributed by atoms with Gasteiger partial charge in [-0.25, -0.2) is 4.79 Å². The molecule has 0 radical (unpaired) electrons. The van der Waals surface area contributed by atoms with Gasteiger partial charge in [-0.15, -0.1) is 0 Å². The van der Waals surface area contributed by atoms with Crippen LogP contribution in [0.1, 0.15) is 40.7 Å². The van der Waals surface area contributed by atoms with E-state index in [1.807, 2.05) is 12.1 Å². The number of hydrogen-bond acceptors (Lipinski definition) is 9. The summed E-state index contributed by atoms with van der Waals surface area (Å²) in [6, 6.07) is 5.04. The zero-order valence-corrected chi connectivity index (χ0v) is 21.5. The minimum Gasteiger partial charge on any atom is -0.480 e. The van der Waals surface area contributed by atoms with Gasteiger partial charge in [0.1, 0.15) is 12.6 Å². The van der Waals surface area contributed by atoms with Gasteiger partial charge in [0, 0.05) is 25.1 Å². The van der Waals surface area contributed by atoms with Gasteiger partial charge >= 0.3 is 5.97 Å². The molecule has 1 saturated heterocycles. The normalized spacial score (nSPS) is 17.1. The van der Waals surface area contributed by atoms with E-state index in [1.54, 1.807) is 11.0 Å². The molecule has 210 valence electrons. The zero-order chi connectivity index (χ0) is 27.2. The van der Waals surface area contributed by atoms with E-state index in [9.17, 15) is 19.2 Å². The molecule has 1 unspecified atom stereocenters. The van der Waals surface area contributed by atoms with Crippen LogP contribution >= 0.6 is 0 Å². The van der Waals surface area contributed by atoms with E-state index in [0.717, 1.165) is 24.0 Å². The smallest absolute Gasteiger partial charge is 0.329 e. The minimum absolute atomic E-state index is 0.163. The van der Waals surface area contributed by atoms with Crippen LogP contribution in [0.3, 0.4) is 0 Å². The summed E-state index contributed by atoms with van der Waals surface area (Å²) in [4.78, 5) is 48.4. The van der Waals surface area contributed by atoms with Crippen molar-refractivity contribution in [2.45, 2.75) is 38.3 Å². The van der Waals surface area contributed by atoms with Crippen LogP contribution in [0.5, 0.6) is 0 Å². The number of aliphatic carboxylic acids is 1. The van der Waals surface area contributed by atoms with Crippen molar-refractivity contribution in [2.24, 2.45) is 0 Å². The Labute approximate surface area is 221 Å². The highest BCUT2D eigenvalue weighted by Crippen LogP contribution is 2.30. The first-order chi connectivity index (χ1) is 18.5. The highest BCUT2D eigenvalue weighted by molar-refractivity contribution is 6.05. The Balaban J connectivity index is 1.20. The number of imide groups is 1. The number of carboxylic acid groups (broad SMARTS) is 1. The highest BCUT2D eigenvalue weighted by Gasteiger charge is 2.39. The molecule has 3 amide bonds. The van der Waals surface area contributed by atoms with E-state index < -0.39 is 17.9 Å². The lowest BCUT2D eigenvalue weighted by atomic mass is 10.00. The van der Waals surface area contributed by atoms with Crippen LogP contribution in [0.15, 0.2) is 18.2 Å². The third-order valence-corrected chi connectivity index (χ3v) is 6.13. The first-order valence-electron chi connectivity index (χ1n) is 12.8. The molecule has 0 bridgehead atoms. The summed E-state index contributed by atoms with van der Waals surface area (Å²) in [5.41, 5.74) is 2.64.